The summed E-state index contributed by atoms with van der Waals surface area (Å²) < 4.78 is 15.8. The minimum atomic E-state index is 0.408. The van der Waals surface area contributed by atoms with Crippen LogP contribution in [0.3, 0.4) is 0 Å². The Balaban J connectivity index is 2.35. The Kier molecular flexibility index (Phi) is 7.12. The van der Waals surface area contributed by atoms with Crippen molar-refractivity contribution in [2.75, 3.05) is 38.8 Å². The van der Waals surface area contributed by atoms with Gasteiger partial charge in [-0.2, -0.15) is 0 Å². The van der Waals surface area contributed by atoms with E-state index in [1.807, 2.05) is 0 Å². The van der Waals surface area contributed by atoms with Crippen LogP contribution in [-0.4, -0.2) is 39.8 Å². The van der Waals surface area contributed by atoms with Crippen LogP contribution >= 0.6 is 0 Å². The van der Waals surface area contributed by atoms with Crippen LogP contribution in [0.25, 0.3) is 0 Å². The molecule has 0 bridgehead atoms. The molecule has 1 aromatic rings. The van der Waals surface area contributed by atoms with Crippen molar-refractivity contribution in [1.29, 1.82) is 0 Å². The standard InChI is InChI=1S/C14H19NO4/c1-3-17-6-7-18-8-9-19-14-10-12(11-16)4-5-13(14)15-2/h3-5,10-11,15H,1,6-9H2,2H3. The van der Waals surface area contributed by atoms with Crippen molar-refractivity contribution in [1.82, 2.24) is 0 Å². The van der Waals surface area contributed by atoms with E-state index in [9.17, 15) is 4.79 Å². The first-order valence-corrected chi connectivity index (χ1v) is 6.02. The molecule has 0 aliphatic rings. The predicted octanol–water partition coefficient (Wildman–Crippen LogP) is 2.10. The topological polar surface area (TPSA) is 56.8 Å². The van der Waals surface area contributed by atoms with Gasteiger partial charge in [-0.3, -0.25) is 4.79 Å². The molecule has 104 valence electrons. The van der Waals surface area contributed by atoms with Gasteiger partial charge in [0.15, 0.2) is 0 Å². The van der Waals surface area contributed by atoms with Gasteiger partial charge in [0.05, 0.1) is 25.2 Å². The lowest BCUT2D eigenvalue weighted by atomic mass is 10.2. The SMILES string of the molecule is C=COCCOCCOc1cc(C=O)ccc1NC. The van der Waals surface area contributed by atoms with E-state index in [2.05, 4.69) is 11.9 Å². The van der Waals surface area contributed by atoms with Crippen molar-refractivity contribution in [2.45, 2.75) is 0 Å². The molecular weight excluding hydrogens is 246 g/mol. The molecule has 0 aliphatic heterocycles. The van der Waals surface area contributed by atoms with Gasteiger partial charge in [-0.1, -0.05) is 6.58 Å². The van der Waals surface area contributed by atoms with Crippen LogP contribution in [0.5, 0.6) is 5.75 Å². The molecule has 19 heavy (non-hydrogen) atoms. The quantitative estimate of drug-likeness (QED) is 0.399. The monoisotopic (exact) mass is 265 g/mol. The fraction of sp³-hybridized carbons (Fsp3) is 0.357. The van der Waals surface area contributed by atoms with Gasteiger partial charge < -0.3 is 19.5 Å². The van der Waals surface area contributed by atoms with Crippen LogP contribution < -0.4 is 10.1 Å². The highest BCUT2D eigenvalue weighted by molar-refractivity contribution is 5.78. The van der Waals surface area contributed by atoms with E-state index in [0.717, 1.165) is 12.0 Å². The minimum absolute atomic E-state index is 0.408. The average Bonchev–Trinajstić information content (AvgIpc) is 2.46. The van der Waals surface area contributed by atoms with Crippen LogP contribution in [0, 0.1) is 0 Å². The fourth-order valence-corrected chi connectivity index (χ4v) is 1.44. The Morgan fingerprint density at radius 3 is 2.74 bits per heavy atom. The summed E-state index contributed by atoms with van der Waals surface area (Å²) in [5.41, 5.74) is 1.41. The van der Waals surface area contributed by atoms with Gasteiger partial charge in [0.1, 0.15) is 25.2 Å². The molecule has 0 atom stereocenters. The molecule has 0 aromatic heterocycles. The summed E-state index contributed by atoms with van der Waals surface area (Å²) in [6.07, 6.45) is 2.17. The summed E-state index contributed by atoms with van der Waals surface area (Å²) in [6.45, 7) is 5.26. The zero-order chi connectivity index (χ0) is 13.9. The van der Waals surface area contributed by atoms with Crippen LogP contribution in [0.1, 0.15) is 10.4 Å². The second-order valence-corrected chi connectivity index (χ2v) is 3.62. The van der Waals surface area contributed by atoms with Gasteiger partial charge in [-0.25, -0.2) is 0 Å². The number of aldehydes is 1. The molecule has 0 aliphatic carbocycles. The zero-order valence-electron chi connectivity index (χ0n) is 11.1. The third kappa shape index (κ3) is 5.44. The summed E-state index contributed by atoms with van der Waals surface area (Å²) >= 11 is 0. The number of nitrogens with one attached hydrogen (secondary N) is 1. The van der Waals surface area contributed by atoms with E-state index in [4.69, 9.17) is 14.2 Å². The van der Waals surface area contributed by atoms with E-state index in [0.29, 0.717) is 37.7 Å². The Morgan fingerprint density at radius 1 is 1.26 bits per heavy atom. The lowest BCUT2D eigenvalue weighted by Crippen LogP contribution is -2.10. The van der Waals surface area contributed by atoms with Crippen molar-refractivity contribution < 1.29 is 19.0 Å². The summed E-state index contributed by atoms with van der Waals surface area (Å²) in [6, 6.07) is 5.23. The molecule has 5 heteroatoms. The highest BCUT2D eigenvalue weighted by atomic mass is 16.5. The van der Waals surface area contributed by atoms with Crippen molar-refractivity contribution in [3.63, 3.8) is 0 Å². The molecule has 0 saturated heterocycles. The van der Waals surface area contributed by atoms with E-state index in [1.165, 1.54) is 6.26 Å². The Hall–Kier alpha value is -2.01. The number of carbonyl (C=O) groups excluding carboxylic acids is 1. The number of benzene rings is 1. The molecular formula is C14H19NO4. The van der Waals surface area contributed by atoms with Crippen LogP contribution in [0.4, 0.5) is 5.69 Å². The van der Waals surface area contributed by atoms with Crippen molar-refractivity contribution in [3.8, 4) is 5.75 Å². The van der Waals surface area contributed by atoms with Gasteiger partial charge in [0, 0.05) is 12.6 Å². The molecule has 5 nitrogen and oxygen atoms in total. The number of carbonyl (C=O) groups is 1. The normalized spacial score (nSPS) is 9.74. The lowest BCUT2D eigenvalue weighted by molar-refractivity contribution is 0.0655. The van der Waals surface area contributed by atoms with Gasteiger partial charge in [-0.15, -0.1) is 0 Å². The van der Waals surface area contributed by atoms with Crippen molar-refractivity contribution in [2.24, 2.45) is 0 Å². The van der Waals surface area contributed by atoms with Crippen LogP contribution in [0.2, 0.25) is 0 Å². The second-order valence-electron chi connectivity index (χ2n) is 3.62. The Bertz CT molecular complexity index is 406. The molecule has 0 amide bonds. The molecule has 1 rings (SSSR count). The van der Waals surface area contributed by atoms with E-state index < -0.39 is 0 Å². The average molecular weight is 265 g/mol. The van der Waals surface area contributed by atoms with E-state index >= 15 is 0 Å². The Labute approximate surface area is 113 Å². The van der Waals surface area contributed by atoms with E-state index in [-0.39, 0.29) is 0 Å². The second kappa shape index (κ2) is 8.99. The number of rotatable bonds is 10. The summed E-state index contributed by atoms with van der Waals surface area (Å²) in [5.74, 6) is 0.637. The number of hydrogen-bond donors (Lipinski definition) is 1. The number of ether oxygens (including phenoxy) is 3. The highest BCUT2D eigenvalue weighted by Gasteiger charge is 2.03. The molecule has 1 N–H and O–H groups in total. The summed E-state index contributed by atoms with van der Waals surface area (Å²) in [7, 11) is 1.80. The van der Waals surface area contributed by atoms with E-state index in [1.54, 1.807) is 25.2 Å². The minimum Gasteiger partial charge on any atom is -0.499 e. The molecule has 0 radical (unpaired) electrons. The van der Waals surface area contributed by atoms with Gasteiger partial charge >= 0.3 is 0 Å². The third-order valence-corrected chi connectivity index (χ3v) is 2.36. The lowest BCUT2D eigenvalue weighted by Gasteiger charge is -2.12. The Morgan fingerprint density at radius 2 is 2.05 bits per heavy atom. The van der Waals surface area contributed by atoms with Crippen molar-refractivity contribution in [3.05, 3.63) is 36.6 Å². The zero-order valence-corrected chi connectivity index (χ0v) is 11.1. The van der Waals surface area contributed by atoms with Crippen LogP contribution in [-0.2, 0) is 9.47 Å². The van der Waals surface area contributed by atoms with Gasteiger partial charge in [0.25, 0.3) is 0 Å². The maximum absolute atomic E-state index is 10.7. The van der Waals surface area contributed by atoms with Crippen molar-refractivity contribution >= 4 is 12.0 Å². The molecule has 0 unspecified atom stereocenters. The maximum Gasteiger partial charge on any atom is 0.150 e. The largest absolute Gasteiger partial charge is 0.499 e. The first-order valence-electron chi connectivity index (χ1n) is 6.02. The maximum atomic E-state index is 10.7. The first kappa shape index (κ1) is 15.0. The molecule has 0 heterocycles. The summed E-state index contributed by atoms with van der Waals surface area (Å²) in [4.78, 5) is 10.7. The molecule has 1 aromatic carbocycles. The first-order chi connectivity index (χ1) is 9.31. The fourth-order valence-electron chi connectivity index (χ4n) is 1.44. The number of anilines is 1. The smallest absolute Gasteiger partial charge is 0.150 e. The molecule has 0 spiro atoms. The molecule has 0 saturated carbocycles. The van der Waals surface area contributed by atoms with Gasteiger partial charge in [0.2, 0.25) is 0 Å². The summed E-state index contributed by atoms with van der Waals surface area (Å²) in [5, 5.41) is 3.00. The van der Waals surface area contributed by atoms with Crippen LogP contribution in [0.15, 0.2) is 31.0 Å². The highest BCUT2D eigenvalue weighted by Crippen LogP contribution is 2.24. The van der Waals surface area contributed by atoms with Gasteiger partial charge in [-0.05, 0) is 18.2 Å². The molecule has 0 fully saturated rings. The third-order valence-electron chi connectivity index (χ3n) is 2.36. The number of hydrogen-bond acceptors (Lipinski definition) is 5. The predicted molar refractivity (Wildman–Crippen MR) is 73.8 cm³/mol.